The Kier molecular flexibility index (Phi) is 6.09. The van der Waals surface area contributed by atoms with E-state index in [1.165, 1.54) is 38.5 Å². The predicted molar refractivity (Wildman–Crippen MR) is 87.9 cm³/mol. The third kappa shape index (κ3) is 4.45. The summed E-state index contributed by atoms with van der Waals surface area (Å²) in [7, 11) is 0. The van der Waals surface area contributed by atoms with E-state index in [0.29, 0.717) is 17.7 Å². The minimum Gasteiger partial charge on any atom is -0.326 e. The Morgan fingerprint density at radius 1 is 1.14 bits per heavy atom. The van der Waals surface area contributed by atoms with Crippen LogP contribution in [0.2, 0.25) is 0 Å². The Bertz CT molecular complexity index is 334. The Balaban J connectivity index is 1.92. The number of carbonyl (C=O) groups is 1. The number of nitrogens with one attached hydrogen (secondary N) is 1. The predicted octanol–water partition coefficient (Wildman–Crippen LogP) is 3.79. The van der Waals surface area contributed by atoms with E-state index in [1.807, 2.05) is 0 Å². The first-order valence-corrected chi connectivity index (χ1v) is 9.05. The molecule has 0 aromatic heterocycles. The van der Waals surface area contributed by atoms with Crippen molar-refractivity contribution in [2.24, 2.45) is 17.8 Å². The quantitative estimate of drug-likeness (QED) is 0.808. The second kappa shape index (κ2) is 7.62. The summed E-state index contributed by atoms with van der Waals surface area (Å²) in [6, 6.07) is 0.0451. The van der Waals surface area contributed by atoms with E-state index in [4.69, 9.17) is 0 Å². The molecule has 2 unspecified atom stereocenters. The zero-order chi connectivity index (χ0) is 15.4. The van der Waals surface area contributed by atoms with Gasteiger partial charge in [0.05, 0.1) is 12.2 Å². The maximum atomic E-state index is 12.7. The molecule has 1 aliphatic carbocycles. The van der Waals surface area contributed by atoms with E-state index in [9.17, 15) is 4.79 Å². The van der Waals surface area contributed by atoms with Gasteiger partial charge in [0.15, 0.2) is 0 Å². The molecular weight excluding hydrogens is 260 g/mol. The topological polar surface area (TPSA) is 32.3 Å². The first-order chi connectivity index (χ1) is 9.99. The number of amides is 1. The van der Waals surface area contributed by atoms with Gasteiger partial charge in [0.2, 0.25) is 5.91 Å². The molecule has 2 fully saturated rings. The Morgan fingerprint density at radius 3 is 2.38 bits per heavy atom. The van der Waals surface area contributed by atoms with Gasteiger partial charge in [-0.3, -0.25) is 10.1 Å². The molecule has 0 aromatic carbocycles. The summed E-state index contributed by atoms with van der Waals surface area (Å²) < 4.78 is 0. The molecule has 21 heavy (non-hydrogen) atoms. The highest BCUT2D eigenvalue weighted by atomic mass is 16.2. The van der Waals surface area contributed by atoms with E-state index >= 15 is 0 Å². The molecular formula is C18H34N2O. The average molecular weight is 294 g/mol. The molecule has 1 N–H and O–H groups in total. The highest BCUT2D eigenvalue weighted by Gasteiger charge is 2.40. The van der Waals surface area contributed by atoms with Crippen molar-refractivity contribution < 1.29 is 4.79 Å². The average Bonchev–Trinajstić information content (AvgIpc) is 2.74. The van der Waals surface area contributed by atoms with Crippen LogP contribution in [0.4, 0.5) is 0 Å². The van der Waals surface area contributed by atoms with Crippen molar-refractivity contribution in [2.75, 3.05) is 6.54 Å². The van der Waals surface area contributed by atoms with Crippen molar-refractivity contribution in [3.63, 3.8) is 0 Å². The van der Waals surface area contributed by atoms with Gasteiger partial charge >= 0.3 is 0 Å². The van der Waals surface area contributed by atoms with Crippen LogP contribution in [0.1, 0.15) is 72.6 Å². The summed E-state index contributed by atoms with van der Waals surface area (Å²) in [5.41, 5.74) is 0. The third-order valence-corrected chi connectivity index (χ3v) is 5.13. The monoisotopic (exact) mass is 294 g/mol. The lowest BCUT2D eigenvalue weighted by Crippen LogP contribution is -2.42. The van der Waals surface area contributed by atoms with E-state index in [-0.39, 0.29) is 12.2 Å². The standard InChI is InChI=1S/C18H34N2O/c1-13(2)12-16-18(21)20(17(19-16)14(3)4)11-10-15-8-6-5-7-9-15/h13-17,19H,5-12H2,1-4H3. The molecule has 122 valence electrons. The van der Waals surface area contributed by atoms with E-state index in [2.05, 4.69) is 37.9 Å². The lowest BCUT2D eigenvalue weighted by atomic mass is 9.87. The summed E-state index contributed by atoms with van der Waals surface area (Å²) in [5.74, 6) is 2.25. The number of rotatable bonds is 6. The smallest absolute Gasteiger partial charge is 0.241 e. The van der Waals surface area contributed by atoms with Crippen LogP contribution in [0.3, 0.4) is 0 Å². The van der Waals surface area contributed by atoms with Crippen LogP contribution in [0.25, 0.3) is 0 Å². The van der Waals surface area contributed by atoms with Crippen molar-refractivity contribution in [1.82, 2.24) is 10.2 Å². The minimum atomic E-state index is 0.0451. The number of carbonyl (C=O) groups excluding carboxylic acids is 1. The molecule has 1 saturated heterocycles. The second-order valence-electron chi connectivity index (χ2n) is 7.86. The van der Waals surface area contributed by atoms with E-state index in [0.717, 1.165) is 18.9 Å². The first-order valence-electron chi connectivity index (χ1n) is 9.05. The van der Waals surface area contributed by atoms with Crippen LogP contribution in [-0.4, -0.2) is 29.6 Å². The summed E-state index contributed by atoms with van der Waals surface area (Å²) >= 11 is 0. The Morgan fingerprint density at radius 2 is 1.81 bits per heavy atom. The molecule has 1 heterocycles. The van der Waals surface area contributed by atoms with Crippen molar-refractivity contribution in [3.8, 4) is 0 Å². The van der Waals surface area contributed by atoms with Crippen LogP contribution in [-0.2, 0) is 4.79 Å². The summed E-state index contributed by atoms with van der Waals surface area (Å²) in [4.78, 5) is 14.8. The molecule has 0 bridgehead atoms. The van der Waals surface area contributed by atoms with Crippen LogP contribution >= 0.6 is 0 Å². The van der Waals surface area contributed by atoms with Crippen molar-refractivity contribution in [1.29, 1.82) is 0 Å². The normalized spacial score (nSPS) is 28.1. The number of hydrogen-bond donors (Lipinski definition) is 1. The van der Waals surface area contributed by atoms with Crippen LogP contribution in [0.5, 0.6) is 0 Å². The fourth-order valence-electron chi connectivity index (χ4n) is 3.94. The molecule has 2 aliphatic rings. The van der Waals surface area contributed by atoms with Crippen molar-refractivity contribution in [3.05, 3.63) is 0 Å². The van der Waals surface area contributed by atoms with Gasteiger partial charge in [0, 0.05) is 6.54 Å². The molecule has 1 saturated carbocycles. The van der Waals surface area contributed by atoms with E-state index in [1.54, 1.807) is 0 Å². The zero-order valence-electron chi connectivity index (χ0n) is 14.4. The summed E-state index contributed by atoms with van der Waals surface area (Å²) in [5, 5.41) is 3.59. The largest absolute Gasteiger partial charge is 0.326 e. The van der Waals surface area contributed by atoms with E-state index < -0.39 is 0 Å². The molecule has 0 aromatic rings. The van der Waals surface area contributed by atoms with Gasteiger partial charge in [0.25, 0.3) is 0 Å². The zero-order valence-corrected chi connectivity index (χ0v) is 14.4. The lowest BCUT2D eigenvalue weighted by Gasteiger charge is -2.30. The molecule has 3 heteroatoms. The Labute approximate surface area is 130 Å². The summed E-state index contributed by atoms with van der Waals surface area (Å²) in [6.07, 6.45) is 9.33. The van der Waals surface area contributed by atoms with Gasteiger partial charge in [-0.25, -0.2) is 0 Å². The lowest BCUT2D eigenvalue weighted by molar-refractivity contribution is -0.131. The number of hydrogen-bond acceptors (Lipinski definition) is 2. The van der Waals surface area contributed by atoms with Gasteiger partial charge in [-0.15, -0.1) is 0 Å². The van der Waals surface area contributed by atoms with Crippen LogP contribution < -0.4 is 5.32 Å². The number of nitrogens with zero attached hydrogens (tertiary/aromatic N) is 1. The van der Waals surface area contributed by atoms with Gasteiger partial charge in [-0.2, -0.15) is 0 Å². The SMILES string of the molecule is CC(C)CC1NC(C(C)C)N(CCC2CCCCC2)C1=O. The van der Waals surface area contributed by atoms with Crippen LogP contribution in [0, 0.1) is 17.8 Å². The fraction of sp³-hybridized carbons (Fsp3) is 0.944. The highest BCUT2D eigenvalue weighted by Crippen LogP contribution is 2.28. The summed E-state index contributed by atoms with van der Waals surface area (Å²) in [6.45, 7) is 9.79. The van der Waals surface area contributed by atoms with Gasteiger partial charge in [-0.05, 0) is 30.6 Å². The molecule has 2 rings (SSSR count). The minimum absolute atomic E-state index is 0.0451. The first kappa shape index (κ1) is 16.8. The fourth-order valence-corrected chi connectivity index (χ4v) is 3.94. The molecule has 1 amide bonds. The molecule has 1 aliphatic heterocycles. The maximum Gasteiger partial charge on any atom is 0.241 e. The molecule has 0 spiro atoms. The highest BCUT2D eigenvalue weighted by molar-refractivity contribution is 5.84. The van der Waals surface area contributed by atoms with Crippen molar-refractivity contribution in [2.45, 2.75) is 84.8 Å². The third-order valence-electron chi connectivity index (χ3n) is 5.13. The maximum absolute atomic E-state index is 12.7. The second-order valence-corrected chi connectivity index (χ2v) is 7.86. The van der Waals surface area contributed by atoms with Crippen LogP contribution in [0.15, 0.2) is 0 Å². The molecule has 3 nitrogen and oxygen atoms in total. The molecule has 2 atom stereocenters. The van der Waals surface area contributed by atoms with Crippen molar-refractivity contribution >= 4 is 5.91 Å². The van der Waals surface area contributed by atoms with Gasteiger partial charge < -0.3 is 4.90 Å². The van der Waals surface area contributed by atoms with Gasteiger partial charge in [0.1, 0.15) is 0 Å². The Hall–Kier alpha value is -0.570. The molecule has 0 radical (unpaired) electrons. The van der Waals surface area contributed by atoms with Gasteiger partial charge in [-0.1, -0.05) is 59.8 Å².